The first-order valence-corrected chi connectivity index (χ1v) is 22.2. The lowest BCUT2D eigenvalue weighted by Gasteiger charge is -2.13. The molecule has 0 saturated heterocycles. The summed E-state index contributed by atoms with van der Waals surface area (Å²) in [6, 6.07) is 38.5. The molecule has 0 radical (unpaired) electrons. The molecular formula is C53H61Cl2N7. The van der Waals surface area contributed by atoms with Crippen LogP contribution in [0.15, 0.2) is 109 Å². The third kappa shape index (κ3) is 10.1. The number of nitrogens with zero attached hydrogens (tertiary/aromatic N) is 4. The highest BCUT2D eigenvalue weighted by atomic mass is 35.5. The number of halogens is 2. The van der Waals surface area contributed by atoms with E-state index in [-0.39, 0.29) is 24.8 Å². The smallest absolute Gasteiger partial charge is 0.242 e. The van der Waals surface area contributed by atoms with Gasteiger partial charge in [-0.25, -0.2) is 9.97 Å². The minimum Gasteiger partial charge on any atom is -1.00 e. The Balaban J connectivity index is 0.00000321. The van der Waals surface area contributed by atoms with Gasteiger partial charge in [0.25, 0.3) is 0 Å². The molecule has 0 spiro atoms. The molecule has 0 amide bonds. The Bertz CT molecular complexity index is 2760. The first-order chi connectivity index (χ1) is 29.3. The molecule has 0 atom stereocenters. The van der Waals surface area contributed by atoms with E-state index in [1.807, 2.05) is 6.92 Å². The van der Waals surface area contributed by atoms with Crippen molar-refractivity contribution in [1.29, 1.82) is 0 Å². The molecule has 322 valence electrons. The third-order valence-corrected chi connectivity index (χ3v) is 12.5. The van der Waals surface area contributed by atoms with Crippen LogP contribution < -0.4 is 50.7 Å². The normalized spacial score (nSPS) is 11.3. The lowest BCUT2D eigenvalue weighted by molar-refractivity contribution is -0.538. The van der Waals surface area contributed by atoms with Crippen molar-refractivity contribution in [3.05, 3.63) is 137 Å². The van der Waals surface area contributed by atoms with E-state index < -0.39 is 0 Å². The van der Waals surface area contributed by atoms with Crippen molar-refractivity contribution in [1.82, 2.24) is 9.97 Å². The second-order valence-electron chi connectivity index (χ2n) is 16.9. The van der Waals surface area contributed by atoms with Gasteiger partial charge in [0.1, 0.15) is 22.1 Å². The molecule has 0 bridgehead atoms. The highest BCUT2D eigenvalue weighted by molar-refractivity contribution is 5.89. The Morgan fingerprint density at radius 3 is 1.48 bits per heavy atom. The topological polar surface area (TPSA) is 97.6 Å². The van der Waals surface area contributed by atoms with Gasteiger partial charge < -0.3 is 41.6 Å². The lowest BCUT2D eigenvalue weighted by Crippen LogP contribution is -3.00. The molecule has 0 aliphatic rings. The number of benzene rings is 6. The average Bonchev–Trinajstić information content (AvgIpc) is 3.25. The van der Waals surface area contributed by atoms with Crippen LogP contribution in [0.25, 0.3) is 55.5 Å². The van der Waals surface area contributed by atoms with E-state index in [1.54, 1.807) is 0 Å². The van der Waals surface area contributed by atoms with Crippen LogP contribution in [0, 0.1) is 27.7 Å². The SMILES string of the molecule is Cc1cc2nc3cc(C)c(CCCCCCCCCCCCCNc4ccc5nc6cc(C)c(N)cc6[n+](-c6ccccc6)c5c4C)cc3[n+](-c3ccccc3)c2cc1N.[Cl-].[Cl-]. The number of nitrogen functional groups attached to an aromatic ring is 2. The molecule has 0 saturated carbocycles. The summed E-state index contributed by atoms with van der Waals surface area (Å²) in [5.41, 5.74) is 32.1. The van der Waals surface area contributed by atoms with E-state index in [9.17, 15) is 0 Å². The minimum absolute atomic E-state index is 0. The van der Waals surface area contributed by atoms with E-state index in [2.05, 4.69) is 144 Å². The van der Waals surface area contributed by atoms with Crippen molar-refractivity contribution >= 4 is 61.2 Å². The zero-order valence-electron chi connectivity index (χ0n) is 36.8. The van der Waals surface area contributed by atoms with Gasteiger partial charge in [0.15, 0.2) is 0 Å². The summed E-state index contributed by atoms with van der Waals surface area (Å²) < 4.78 is 4.65. The number of nitrogens with two attached hydrogens (primary N) is 2. The second kappa shape index (κ2) is 21.0. The van der Waals surface area contributed by atoms with Gasteiger partial charge in [0.05, 0.1) is 0 Å². The molecule has 5 N–H and O–H groups in total. The molecule has 7 nitrogen and oxygen atoms in total. The fraction of sp³-hybridized carbons (Fsp3) is 0.321. The number of hydrogen-bond acceptors (Lipinski definition) is 5. The molecule has 2 heterocycles. The van der Waals surface area contributed by atoms with Crippen LogP contribution in [0.2, 0.25) is 0 Å². The Labute approximate surface area is 379 Å². The van der Waals surface area contributed by atoms with Crippen LogP contribution in [0.1, 0.15) is 98.4 Å². The molecule has 9 heteroatoms. The maximum Gasteiger partial charge on any atom is 0.242 e. The van der Waals surface area contributed by atoms with Gasteiger partial charge in [-0.3, -0.25) is 0 Å². The summed E-state index contributed by atoms with van der Waals surface area (Å²) in [5, 5.41) is 3.75. The van der Waals surface area contributed by atoms with Crippen LogP contribution in [-0.2, 0) is 6.42 Å². The molecule has 0 unspecified atom stereocenters. The van der Waals surface area contributed by atoms with E-state index in [0.717, 1.165) is 91.0 Å². The molecule has 8 rings (SSSR count). The summed E-state index contributed by atoms with van der Waals surface area (Å²) >= 11 is 0. The Hall–Kier alpha value is -5.50. The largest absolute Gasteiger partial charge is 1.00 e. The van der Waals surface area contributed by atoms with Gasteiger partial charge in [-0.1, -0.05) is 94.2 Å². The predicted octanol–water partition coefficient (Wildman–Crippen LogP) is 5.99. The minimum atomic E-state index is 0. The van der Waals surface area contributed by atoms with Crippen molar-refractivity contribution in [2.24, 2.45) is 0 Å². The van der Waals surface area contributed by atoms with Crippen molar-refractivity contribution in [3.63, 3.8) is 0 Å². The maximum absolute atomic E-state index is 6.41. The van der Waals surface area contributed by atoms with Gasteiger partial charge in [-0.05, 0) is 99.5 Å². The third-order valence-electron chi connectivity index (χ3n) is 12.5. The molecular weight excluding hydrogens is 806 g/mol. The van der Waals surface area contributed by atoms with Gasteiger partial charge in [0, 0.05) is 71.6 Å². The number of fused-ring (bicyclic) bond motifs is 4. The molecule has 0 aliphatic heterocycles. The van der Waals surface area contributed by atoms with Crippen molar-refractivity contribution in [2.75, 3.05) is 23.3 Å². The summed E-state index contributed by atoms with van der Waals surface area (Å²) in [4.78, 5) is 10.2. The zero-order valence-corrected chi connectivity index (χ0v) is 38.3. The fourth-order valence-electron chi connectivity index (χ4n) is 8.91. The summed E-state index contributed by atoms with van der Waals surface area (Å²) in [6.45, 7) is 9.51. The number of anilines is 3. The molecule has 8 aromatic rings. The average molecular weight is 867 g/mol. The fourth-order valence-corrected chi connectivity index (χ4v) is 8.91. The first-order valence-electron chi connectivity index (χ1n) is 22.2. The van der Waals surface area contributed by atoms with Gasteiger partial charge in [0.2, 0.25) is 33.4 Å². The lowest BCUT2D eigenvalue weighted by atomic mass is 9.99. The Morgan fingerprint density at radius 2 is 0.919 bits per heavy atom. The van der Waals surface area contributed by atoms with Gasteiger partial charge in [-0.2, -0.15) is 0 Å². The van der Waals surface area contributed by atoms with Crippen LogP contribution in [0.5, 0.6) is 0 Å². The number of rotatable bonds is 17. The van der Waals surface area contributed by atoms with Crippen molar-refractivity contribution < 1.29 is 33.9 Å². The first kappa shape index (κ1) is 46.0. The predicted molar refractivity (Wildman–Crippen MR) is 252 cm³/mol. The molecule has 0 aliphatic carbocycles. The zero-order chi connectivity index (χ0) is 41.6. The van der Waals surface area contributed by atoms with Gasteiger partial charge in [-0.15, -0.1) is 9.13 Å². The monoisotopic (exact) mass is 865 g/mol. The van der Waals surface area contributed by atoms with E-state index in [4.69, 9.17) is 21.4 Å². The highest BCUT2D eigenvalue weighted by Crippen LogP contribution is 2.29. The van der Waals surface area contributed by atoms with Crippen LogP contribution >= 0.6 is 0 Å². The number of aryl methyl sites for hydroxylation is 5. The van der Waals surface area contributed by atoms with Crippen molar-refractivity contribution in [2.45, 2.75) is 105 Å². The number of para-hydroxylation sites is 2. The molecule has 2 aromatic heterocycles. The summed E-state index contributed by atoms with van der Waals surface area (Å²) in [5.74, 6) is 0. The number of unbranched alkanes of at least 4 members (excludes halogenated alkanes) is 10. The molecule has 6 aromatic carbocycles. The highest BCUT2D eigenvalue weighted by Gasteiger charge is 2.24. The molecule has 0 fully saturated rings. The second-order valence-corrected chi connectivity index (χ2v) is 16.9. The van der Waals surface area contributed by atoms with E-state index in [1.165, 1.54) is 93.0 Å². The standard InChI is InChI=1S/C53H59N7.2ClH/c1-36-30-47-50(59(41-23-17-14-18-24-41)51-34-43(54)37(2)31-48(51)58-47)33-40(36)22-16-12-10-8-6-5-7-9-11-13-21-29-56-45-27-28-46-53(39(45)4)60(42-25-19-15-20-26-42)52-35-44(55)38(3)32-49(52)57-46;;/h14-15,17-20,23-28,30-35,54H,5-13,16,21-22,29H2,1-4H3,(H2,55,56);2*1H. The van der Waals surface area contributed by atoms with Crippen LogP contribution in [0.3, 0.4) is 0 Å². The van der Waals surface area contributed by atoms with Crippen LogP contribution in [-0.4, -0.2) is 16.5 Å². The summed E-state index contributed by atoms with van der Waals surface area (Å²) in [7, 11) is 0. The number of hydrogen-bond donors (Lipinski definition) is 3. The van der Waals surface area contributed by atoms with Crippen LogP contribution in [0.4, 0.5) is 17.1 Å². The maximum atomic E-state index is 6.41. The number of aromatic nitrogens is 4. The van der Waals surface area contributed by atoms with Gasteiger partial charge >= 0.3 is 0 Å². The van der Waals surface area contributed by atoms with Crippen molar-refractivity contribution in [3.8, 4) is 11.4 Å². The molecule has 62 heavy (non-hydrogen) atoms. The Kier molecular flexibility index (Phi) is 15.6. The Morgan fingerprint density at radius 1 is 0.468 bits per heavy atom. The number of nitrogens with one attached hydrogen (secondary N) is 1. The van der Waals surface area contributed by atoms with E-state index in [0.29, 0.717) is 0 Å². The quantitative estimate of drug-likeness (QED) is 0.0453. The summed E-state index contributed by atoms with van der Waals surface area (Å²) in [6.07, 6.45) is 15.3. The van der Waals surface area contributed by atoms with E-state index >= 15 is 0 Å².